The van der Waals surface area contributed by atoms with Gasteiger partial charge in [0.05, 0.1) is 0 Å². The molecule has 2 aromatic rings. The van der Waals surface area contributed by atoms with Gasteiger partial charge < -0.3 is 10.6 Å². The Labute approximate surface area is 183 Å². The van der Waals surface area contributed by atoms with Crippen LogP contribution in [0.3, 0.4) is 0 Å². The van der Waals surface area contributed by atoms with E-state index in [4.69, 9.17) is 0 Å². The van der Waals surface area contributed by atoms with Crippen molar-refractivity contribution in [3.8, 4) is 0 Å². The smallest absolute Gasteiger partial charge is 0.251 e. The van der Waals surface area contributed by atoms with Crippen molar-refractivity contribution in [2.45, 2.75) is 39.3 Å². The molecule has 0 aliphatic carbocycles. The van der Waals surface area contributed by atoms with E-state index in [2.05, 4.69) is 27.7 Å². The first kappa shape index (κ1) is 22.4. The van der Waals surface area contributed by atoms with Gasteiger partial charge in [-0.2, -0.15) is 0 Å². The van der Waals surface area contributed by atoms with Gasteiger partial charge in [-0.15, -0.1) is 0 Å². The lowest BCUT2D eigenvalue weighted by Gasteiger charge is -2.32. The molecule has 0 radical (unpaired) electrons. The number of amides is 2. The van der Waals surface area contributed by atoms with E-state index in [1.807, 2.05) is 18.2 Å². The first-order chi connectivity index (χ1) is 14.9. The van der Waals surface area contributed by atoms with E-state index in [9.17, 15) is 14.4 Å². The summed E-state index contributed by atoms with van der Waals surface area (Å²) in [5.41, 5.74) is 2.79. The molecule has 6 heteroatoms. The Morgan fingerprint density at radius 3 is 2.23 bits per heavy atom. The van der Waals surface area contributed by atoms with Crippen LogP contribution in [-0.2, 0) is 16.1 Å². The zero-order valence-electron chi connectivity index (χ0n) is 18.1. The Morgan fingerprint density at radius 2 is 1.61 bits per heavy atom. The van der Waals surface area contributed by atoms with Gasteiger partial charge in [0.2, 0.25) is 5.91 Å². The number of nitrogens with zero attached hydrogens (tertiary/aromatic N) is 1. The van der Waals surface area contributed by atoms with Crippen molar-refractivity contribution in [1.29, 1.82) is 0 Å². The highest BCUT2D eigenvalue weighted by Gasteiger charge is 2.20. The van der Waals surface area contributed by atoms with Crippen molar-refractivity contribution in [3.05, 3.63) is 77.4 Å². The highest BCUT2D eigenvalue weighted by molar-refractivity contribution is 6.07. The first-order valence-electron chi connectivity index (χ1n) is 10.6. The van der Waals surface area contributed by atoms with Gasteiger partial charge in [0.1, 0.15) is 0 Å². The summed E-state index contributed by atoms with van der Waals surface area (Å²) in [4.78, 5) is 38.4. The predicted molar refractivity (Wildman–Crippen MR) is 122 cm³/mol. The first-order valence-corrected chi connectivity index (χ1v) is 10.6. The van der Waals surface area contributed by atoms with Crippen molar-refractivity contribution in [2.75, 3.05) is 18.4 Å². The van der Waals surface area contributed by atoms with Gasteiger partial charge >= 0.3 is 0 Å². The maximum absolute atomic E-state index is 12.4. The zero-order valence-corrected chi connectivity index (χ0v) is 18.1. The molecule has 0 bridgehead atoms. The van der Waals surface area contributed by atoms with E-state index in [-0.39, 0.29) is 23.6 Å². The van der Waals surface area contributed by atoms with Crippen LogP contribution < -0.4 is 10.6 Å². The average Bonchev–Trinajstić information content (AvgIpc) is 2.76. The molecule has 0 spiro atoms. The van der Waals surface area contributed by atoms with Gasteiger partial charge in [0.15, 0.2) is 5.78 Å². The van der Waals surface area contributed by atoms with E-state index in [1.54, 1.807) is 31.2 Å². The Hall–Kier alpha value is -3.25. The topological polar surface area (TPSA) is 78.5 Å². The molecule has 0 aromatic heterocycles. The normalized spacial score (nSPS) is 15.4. The molecule has 2 N–H and O–H groups in total. The molecule has 1 aliphatic heterocycles. The number of Topliss-reactive ketones (excluding diaryl/α,β-unsaturated/α-hetero) is 1. The van der Waals surface area contributed by atoms with Crippen LogP contribution in [0.2, 0.25) is 0 Å². The SMILES string of the molecule is CC(=O)c1ccc(NC(=O)/C(C)=C\C(=O)NC2CCN(Cc3ccccc3)CC2)cc1. The summed E-state index contributed by atoms with van der Waals surface area (Å²) in [5.74, 6) is -0.624. The van der Waals surface area contributed by atoms with Crippen molar-refractivity contribution in [3.63, 3.8) is 0 Å². The molecular weight excluding hydrogens is 390 g/mol. The second-order valence-corrected chi connectivity index (χ2v) is 7.96. The monoisotopic (exact) mass is 419 g/mol. The van der Waals surface area contributed by atoms with Gasteiger partial charge in [-0.3, -0.25) is 19.3 Å². The van der Waals surface area contributed by atoms with E-state index in [0.29, 0.717) is 16.8 Å². The quantitative estimate of drug-likeness (QED) is 0.531. The van der Waals surface area contributed by atoms with Crippen LogP contribution in [0.15, 0.2) is 66.2 Å². The number of rotatable bonds is 7. The van der Waals surface area contributed by atoms with Crippen molar-refractivity contribution in [2.24, 2.45) is 0 Å². The molecular formula is C25H29N3O3. The lowest BCUT2D eigenvalue weighted by Crippen LogP contribution is -2.44. The number of piperidine rings is 1. The number of likely N-dealkylation sites (tertiary alicyclic amines) is 1. The van der Waals surface area contributed by atoms with Gasteiger partial charge in [0.25, 0.3) is 5.91 Å². The summed E-state index contributed by atoms with van der Waals surface area (Å²) >= 11 is 0. The second kappa shape index (κ2) is 10.7. The molecule has 162 valence electrons. The van der Waals surface area contributed by atoms with Gasteiger partial charge in [-0.25, -0.2) is 0 Å². The lowest BCUT2D eigenvalue weighted by molar-refractivity contribution is -0.118. The van der Waals surface area contributed by atoms with Crippen molar-refractivity contribution < 1.29 is 14.4 Å². The Morgan fingerprint density at radius 1 is 0.968 bits per heavy atom. The van der Waals surface area contributed by atoms with Crippen LogP contribution in [0.1, 0.15) is 42.6 Å². The van der Waals surface area contributed by atoms with E-state index >= 15 is 0 Å². The maximum atomic E-state index is 12.4. The van der Waals surface area contributed by atoms with Crippen LogP contribution >= 0.6 is 0 Å². The molecule has 3 rings (SSSR count). The largest absolute Gasteiger partial charge is 0.350 e. The molecule has 1 fully saturated rings. The van der Waals surface area contributed by atoms with Crippen molar-refractivity contribution >= 4 is 23.3 Å². The molecule has 2 aromatic carbocycles. The minimum Gasteiger partial charge on any atom is -0.350 e. The minimum atomic E-state index is -0.344. The van der Waals surface area contributed by atoms with Crippen LogP contribution in [-0.4, -0.2) is 41.6 Å². The van der Waals surface area contributed by atoms with Gasteiger partial charge in [0, 0.05) is 48.6 Å². The molecule has 0 unspecified atom stereocenters. The number of anilines is 1. The zero-order chi connectivity index (χ0) is 22.2. The maximum Gasteiger partial charge on any atom is 0.251 e. The number of carbonyl (C=O) groups excluding carboxylic acids is 3. The highest BCUT2D eigenvalue weighted by atomic mass is 16.2. The van der Waals surface area contributed by atoms with Gasteiger partial charge in [-0.05, 0) is 56.5 Å². The average molecular weight is 420 g/mol. The van der Waals surface area contributed by atoms with Crippen LogP contribution in [0.4, 0.5) is 5.69 Å². The van der Waals surface area contributed by atoms with E-state index in [0.717, 1.165) is 32.5 Å². The Kier molecular flexibility index (Phi) is 7.73. The molecule has 0 atom stereocenters. The fraction of sp³-hybridized carbons (Fsp3) is 0.320. The summed E-state index contributed by atoms with van der Waals surface area (Å²) < 4.78 is 0. The van der Waals surface area contributed by atoms with Crippen LogP contribution in [0.25, 0.3) is 0 Å². The molecule has 2 amide bonds. The standard InChI is InChI=1S/C25H29N3O3/c1-18(25(31)27-22-10-8-21(9-11-22)19(2)29)16-24(30)26-23-12-14-28(15-13-23)17-20-6-4-3-5-7-20/h3-11,16,23H,12-15,17H2,1-2H3,(H,26,30)(H,27,31)/b18-16-. The number of carbonyl (C=O) groups is 3. The van der Waals surface area contributed by atoms with Crippen LogP contribution in [0, 0.1) is 0 Å². The second-order valence-electron chi connectivity index (χ2n) is 7.96. The number of ketones is 1. The third-order valence-corrected chi connectivity index (χ3v) is 5.44. The molecule has 31 heavy (non-hydrogen) atoms. The van der Waals surface area contributed by atoms with Crippen molar-refractivity contribution in [1.82, 2.24) is 10.2 Å². The molecule has 0 saturated carbocycles. The summed E-state index contributed by atoms with van der Waals surface area (Å²) in [6.45, 7) is 5.89. The summed E-state index contributed by atoms with van der Waals surface area (Å²) in [7, 11) is 0. The molecule has 6 nitrogen and oxygen atoms in total. The summed E-state index contributed by atoms with van der Waals surface area (Å²) in [6.07, 6.45) is 3.12. The predicted octanol–water partition coefficient (Wildman–Crippen LogP) is 3.55. The third kappa shape index (κ3) is 6.89. The van der Waals surface area contributed by atoms with E-state index in [1.165, 1.54) is 18.6 Å². The summed E-state index contributed by atoms with van der Waals surface area (Å²) in [5, 5.41) is 5.75. The molecule has 1 heterocycles. The lowest BCUT2D eigenvalue weighted by atomic mass is 10.0. The van der Waals surface area contributed by atoms with Gasteiger partial charge in [-0.1, -0.05) is 30.3 Å². The highest BCUT2D eigenvalue weighted by Crippen LogP contribution is 2.14. The number of hydrogen-bond acceptors (Lipinski definition) is 4. The Bertz CT molecular complexity index is 944. The third-order valence-electron chi connectivity index (χ3n) is 5.44. The fourth-order valence-corrected chi connectivity index (χ4v) is 3.60. The van der Waals surface area contributed by atoms with E-state index < -0.39 is 0 Å². The summed E-state index contributed by atoms with van der Waals surface area (Å²) in [6, 6.07) is 17.2. The molecule has 1 saturated heterocycles. The number of benzene rings is 2. The minimum absolute atomic E-state index is 0.0310. The fourth-order valence-electron chi connectivity index (χ4n) is 3.60. The number of hydrogen-bond donors (Lipinski definition) is 2. The molecule has 1 aliphatic rings. The van der Waals surface area contributed by atoms with Crippen LogP contribution in [0.5, 0.6) is 0 Å². The Balaban J connectivity index is 1.44. The number of nitrogens with one attached hydrogen (secondary N) is 2.